The summed E-state index contributed by atoms with van der Waals surface area (Å²) in [5, 5.41) is 16.8. The highest BCUT2D eigenvalue weighted by molar-refractivity contribution is 5.68. The molecular weight excluding hydrogens is 452 g/mol. The SMILES string of the molecule is CN1CCCC(Oc2ccc(Nc3nc(N)n(-c4cc5c(nn4)-c4ccccc4CCC5)n3)cc2)C1. The minimum atomic E-state index is 0.232. The van der Waals surface area contributed by atoms with Crippen molar-refractivity contribution in [2.24, 2.45) is 0 Å². The molecular formula is C27H30N8O. The monoisotopic (exact) mass is 482 g/mol. The average Bonchev–Trinajstić information content (AvgIpc) is 3.14. The minimum Gasteiger partial charge on any atom is -0.489 e. The van der Waals surface area contributed by atoms with E-state index in [1.54, 1.807) is 0 Å². The van der Waals surface area contributed by atoms with Crippen LogP contribution in [0.25, 0.3) is 17.1 Å². The van der Waals surface area contributed by atoms with E-state index in [-0.39, 0.29) is 12.1 Å². The van der Waals surface area contributed by atoms with Gasteiger partial charge < -0.3 is 20.7 Å². The molecule has 2 aliphatic rings. The van der Waals surface area contributed by atoms with Gasteiger partial charge in [-0.2, -0.15) is 9.67 Å². The largest absolute Gasteiger partial charge is 0.489 e. The van der Waals surface area contributed by atoms with Crippen molar-refractivity contribution in [2.45, 2.75) is 38.2 Å². The maximum absolute atomic E-state index is 6.21. The van der Waals surface area contributed by atoms with Crippen LogP contribution in [0.4, 0.5) is 17.6 Å². The minimum absolute atomic E-state index is 0.232. The molecule has 2 aromatic carbocycles. The number of benzene rings is 2. The van der Waals surface area contributed by atoms with Gasteiger partial charge in [-0.25, -0.2) is 0 Å². The van der Waals surface area contributed by atoms with Crippen molar-refractivity contribution in [3.63, 3.8) is 0 Å². The Kier molecular flexibility index (Phi) is 5.98. The van der Waals surface area contributed by atoms with Gasteiger partial charge in [-0.3, -0.25) is 0 Å². The summed E-state index contributed by atoms with van der Waals surface area (Å²) in [5.74, 6) is 2.08. The number of likely N-dealkylation sites (N-methyl/N-ethyl adjacent to an activating group) is 1. The van der Waals surface area contributed by atoms with Gasteiger partial charge in [0.15, 0.2) is 5.82 Å². The number of nitrogen functional groups attached to an aromatic ring is 1. The Hall–Kier alpha value is -3.98. The first-order chi connectivity index (χ1) is 17.6. The lowest BCUT2D eigenvalue weighted by Gasteiger charge is -2.30. The summed E-state index contributed by atoms with van der Waals surface area (Å²) in [7, 11) is 2.14. The molecule has 1 aliphatic carbocycles. The Morgan fingerprint density at radius 3 is 2.69 bits per heavy atom. The molecule has 36 heavy (non-hydrogen) atoms. The van der Waals surface area contributed by atoms with E-state index in [2.05, 4.69) is 55.7 Å². The van der Waals surface area contributed by atoms with Crippen LogP contribution in [0.1, 0.15) is 30.4 Å². The Morgan fingerprint density at radius 2 is 1.83 bits per heavy atom. The second-order valence-corrected chi connectivity index (χ2v) is 9.59. The fourth-order valence-electron chi connectivity index (χ4n) is 5.08. The van der Waals surface area contributed by atoms with E-state index in [1.807, 2.05) is 36.4 Å². The van der Waals surface area contributed by atoms with Gasteiger partial charge >= 0.3 is 0 Å². The van der Waals surface area contributed by atoms with Crippen molar-refractivity contribution in [2.75, 3.05) is 31.2 Å². The molecule has 1 atom stereocenters. The standard InChI is InChI=1S/C27H30N8O/c1-34-15-5-9-22(17-34)36-21-13-11-20(12-14-21)29-27-30-26(28)35(33-27)24-16-19-8-4-7-18-6-2-3-10-23(18)25(19)32-31-24/h2-3,6,10-14,16,22H,4-5,7-9,15,17H2,1H3,(H3,28,29,30,33). The first-order valence-electron chi connectivity index (χ1n) is 12.5. The Balaban J connectivity index is 1.18. The number of anilines is 3. The van der Waals surface area contributed by atoms with Crippen LogP contribution in [0.5, 0.6) is 5.75 Å². The van der Waals surface area contributed by atoms with E-state index in [4.69, 9.17) is 10.5 Å². The Labute approximate surface area is 210 Å². The maximum Gasteiger partial charge on any atom is 0.248 e. The van der Waals surface area contributed by atoms with Crippen molar-refractivity contribution in [3.8, 4) is 22.8 Å². The molecule has 9 nitrogen and oxygen atoms in total. The number of fused-ring (bicyclic) bond motifs is 3. The molecule has 0 bridgehead atoms. The van der Waals surface area contributed by atoms with Crippen molar-refractivity contribution in [1.29, 1.82) is 0 Å². The number of nitrogens with zero attached hydrogens (tertiary/aromatic N) is 6. The zero-order valence-corrected chi connectivity index (χ0v) is 20.4. The highest BCUT2D eigenvalue weighted by atomic mass is 16.5. The van der Waals surface area contributed by atoms with Gasteiger partial charge in [0.05, 0.1) is 5.69 Å². The molecule has 0 radical (unpaired) electrons. The highest BCUT2D eigenvalue weighted by Gasteiger charge is 2.20. The third-order valence-corrected chi connectivity index (χ3v) is 6.87. The van der Waals surface area contributed by atoms with Crippen LogP contribution in [-0.4, -0.2) is 56.1 Å². The van der Waals surface area contributed by atoms with Crippen LogP contribution in [0.2, 0.25) is 0 Å². The van der Waals surface area contributed by atoms with Crippen molar-refractivity contribution < 1.29 is 4.74 Å². The number of hydrogen-bond acceptors (Lipinski definition) is 8. The van der Waals surface area contributed by atoms with Crippen LogP contribution in [0.15, 0.2) is 54.6 Å². The van der Waals surface area contributed by atoms with Crippen LogP contribution in [-0.2, 0) is 12.8 Å². The van der Waals surface area contributed by atoms with Gasteiger partial charge in [0, 0.05) is 17.8 Å². The van der Waals surface area contributed by atoms with Crippen LogP contribution < -0.4 is 15.8 Å². The number of rotatable bonds is 5. The zero-order chi connectivity index (χ0) is 24.5. The number of aryl methyl sites for hydroxylation is 2. The van der Waals surface area contributed by atoms with Crippen LogP contribution in [0, 0.1) is 0 Å². The number of nitrogens with one attached hydrogen (secondary N) is 1. The molecule has 0 spiro atoms. The number of nitrogens with two attached hydrogens (primary N) is 1. The van der Waals surface area contributed by atoms with Gasteiger partial charge in [0.1, 0.15) is 11.9 Å². The molecule has 3 N–H and O–H groups in total. The first-order valence-corrected chi connectivity index (χ1v) is 12.5. The number of ether oxygens (including phenoxy) is 1. The second-order valence-electron chi connectivity index (χ2n) is 9.59. The molecule has 1 fully saturated rings. The van der Waals surface area contributed by atoms with Crippen LogP contribution >= 0.6 is 0 Å². The summed E-state index contributed by atoms with van der Waals surface area (Å²) in [6.45, 7) is 2.09. The summed E-state index contributed by atoms with van der Waals surface area (Å²) in [4.78, 5) is 6.70. The number of aromatic nitrogens is 5. The average molecular weight is 483 g/mol. The van der Waals surface area contributed by atoms with E-state index in [1.165, 1.54) is 16.7 Å². The Morgan fingerprint density at radius 1 is 1.00 bits per heavy atom. The molecule has 1 unspecified atom stereocenters. The summed E-state index contributed by atoms with van der Waals surface area (Å²) in [5.41, 5.74) is 11.6. The van der Waals surface area contributed by atoms with Crippen molar-refractivity contribution in [1.82, 2.24) is 29.9 Å². The van der Waals surface area contributed by atoms with Crippen molar-refractivity contribution >= 4 is 17.6 Å². The molecule has 0 saturated carbocycles. The van der Waals surface area contributed by atoms with Gasteiger partial charge in [0.25, 0.3) is 0 Å². The van der Waals surface area contributed by atoms with Gasteiger partial charge in [-0.1, -0.05) is 24.3 Å². The summed E-state index contributed by atoms with van der Waals surface area (Å²) >= 11 is 0. The van der Waals surface area contributed by atoms with E-state index in [0.29, 0.717) is 11.8 Å². The second kappa shape index (κ2) is 9.58. The zero-order valence-electron chi connectivity index (χ0n) is 20.4. The first kappa shape index (κ1) is 22.5. The van der Waals surface area contributed by atoms with Gasteiger partial charge in [-0.05, 0) is 87.2 Å². The molecule has 2 aromatic heterocycles. The molecule has 0 amide bonds. The maximum atomic E-state index is 6.21. The predicted octanol–water partition coefficient (Wildman–Crippen LogP) is 4.01. The van der Waals surface area contributed by atoms with Crippen LogP contribution in [0.3, 0.4) is 0 Å². The van der Waals surface area contributed by atoms with Gasteiger partial charge in [0.2, 0.25) is 11.9 Å². The van der Waals surface area contributed by atoms with E-state index < -0.39 is 0 Å². The molecule has 3 heterocycles. The molecule has 1 aliphatic heterocycles. The summed E-state index contributed by atoms with van der Waals surface area (Å²) in [6, 6.07) is 18.3. The normalized spacial score (nSPS) is 17.6. The lowest BCUT2D eigenvalue weighted by atomic mass is 10.0. The molecule has 4 aromatic rings. The fourth-order valence-corrected chi connectivity index (χ4v) is 5.08. The predicted molar refractivity (Wildman–Crippen MR) is 140 cm³/mol. The molecule has 1 saturated heterocycles. The highest BCUT2D eigenvalue weighted by Crippen LogP contribution is 2.31. The van der Waals surface area contributed by atoms with E-state index in [9.17, 15) is 0 Å². The lowest BCUT2D eigenvalue weighted by Crippen LogP contribution is -2.38. The Bertz CT molecular complexity index is 1370. The fraction of sp³-hybridized carbons (Fsp3) is 0.333. The lowest BCUT2D eigenvalue weighted by molar-refractivity contribution is 0.104. The van der Waals surface area contributed by atoms with E-state index >= 15 is 0 Å². The number of piperidine rings is 1. The summed E-state index contributed by atoms with van der Waals surface area (Å²) in [6.07, 6.45) is 5.50. The molecule has 9 heteroatoms. The smallest absolute Gasteiger partial charge is 0.248 e. The van der Waals surface area contributed by atoms with Gasteiger partial charge in [-0.15, -0.1) is 15.3 Å². The molecule has 6 rings (SSSR count). The third kappa shape index (κ3) is 4.61. The number of hydrogen-bond donors (Lipinski definition) is 2. The van der Waals surface area contributed by atoms with Crippen molar-refractivity contribution in [3.05, 3.63) is 65.7 Å². The third-order valence-electron chi connectivity index (χ3n) is 6.87. The van der Waals surface area contributed by atoms with E-state index in [0.717, 1.165) is 67.0 Å². The topological polar surface area (TPSA) is 107 Å². The molecule has 184 valence electrons. The quantitative estimate of drug-likeness (QED) is 0.439. The summed E-state index contributed by atoms with van der Waals surface area (Å²) < 4.78 is 7.68. The number of likely N-dealkylation sites (tertiary alicyclic amines) is 1.